The summed E-state index contributed by atoms with van der Waals surface area (Å²) in [6.07, 6.45) is 18.0. The molecule has 2 aliphatic rings. The second kappa shape index (κ2) is 9.57. The Kier molecular flexibility index (Phi) is 7.75. The van der Waals surface area contributed by atoms with Crippen molar-refractivity contribution in [2.24, 2.45) is 23.7 Å². The smallest absolute Gasteiger partial charge is 0.303 e. The van der Waals surface area contributed by atoms with E-state index in [0.717, 1.165) is 36.5 Å². The molecular weight excluding hydrogens is 272 g/mol. The lowest BCUT2D eigenvalue weighted by molar-refractivity contribution is -0.137. The van der Waals surface area contributed by atoms with Gasteiger partial charge in [0.1, 0.15) is 0 Å². The first-order valence-electron chi connectivity index (χ1n) is 9.92. The molecule has 4 atom stereocenters. The molecule has 2 fully saturated rings. The Balaban J connectivity index is 1.36. The molecule has 1 N–H and O–H groups in total. The monoisotopic (exact) mass is 308 g/mol. The molecule has 2 aliphatic carbocycles. The second-order valence-electron chi connectivity index (χ2n) is 7.94. The number of unbranched alkanes of at least 4 members (excludes halogenated alkanes) is 6. The van der Waals surface area contributed by atoms with Crippen LogP contribution in [0, 0.1) is 23.7 Å². The molecule has 2 rings (SSSR count). The van der Waals surface area contributed by atoms with E-state index >= 15 is 0 Å². The SMILES string of the molecule is CCCCC[C@H]1CC1C[C@H]1C[C@@H]1CCCCCCCC(=O)O. The van der Waals surface area contributed by atoms with Gasteiger partial charge in [-0.2, -0.15) is 0 Å². The van der Waals surface area contributed by atoms with Crippen molar-refractivity contribution < 1.29 is 9.90 Å². The van der Waals surface area contributed by atoms with Crippen LogP contribution in [0.2, 0.25) is 0 Å². The molecule has 2 saturated carbocycles. The van der Waals surface area contributed by atoms with Gasteiger partial charge < -0.3 is 5.11 Å². The summed E-state index contributed by atoms with van der Waals surface area (Å²) >= 11 is 0. The molecule has 1 unspecified atom stereocenters. The van der Waals surface area contributed by atoms with Gasteiger partial charge in [0.05, 0.1) is 0 Å². The van der Waals surface area contributed by atoms with Crippen LogP contribution >= 0.6 is 0 Å². The van der Waals surface area contributed by atoms with Gasteiger partial charge in [0.15, 0.2) is 0 Å². The van der Waals surface area contributed by atoms with Crippen LogP contribution in [0.4, 0.5) is 0 Å². The minimum absolute atomic E-state index is 0.353. The summed E-state index contributed by atoms with van der Waals surface area (Å²) in [4.78, 5) is 10.4. The Hall–Kier alpha value is -0.530. The van der Waals surface area contributed by atoms with Crippen LogP contribution in [0.15, 0.2) is 0 Å². The van der Waals surface area contributed by atoms with E-state index in [2.05, 4.69) is 6.92 Å². The van der Waals surface area contributed by atoms with E-state index in [0.29, 0.717) is 6.42 Å². The van der Waals surface area contributed by atoms with Gasteiger partial charge in [0, 0.05) is 6.42 Å². The van der Waals surface area contributed by atoms with Gasteiger partial charge in [0.2, 0.25) is 0 Å². The molecule has 0 aromatic heterocycles. The fourth-order valence-corrected chi connectivity index (χ4v) is 4.16. The van der Waals surface area contributed by atoms with Gasteiger partial charge in [-0.3, -0.25) is 4.79 Å². The van der Waals surface area contributed by atoms with E-state index < -0.39 is 5.97 Å². The number of hydrogen-bond donors (Lipinski definition) is 1. The Morgan fingerprint density at radius 3 is 1.95 bits per heavy atom. The molecule has 0 amide bonds. The summed E-state index contributed by atoms with van der Waals surface area (Å²) in [5.41, 5.74) is 0. The fraction of sp³-hybridized carbons (Fsp3) is 0.950. The van der Waals surface area contributed by atoms with Crippen molar-refractivity contribution in [3.8, 4) is 0 Å². The molecule has 128 valence electrons. The maximum absolute atomic E-state index is 10.4. The van der Waals surface area contributed by atoms with E-state index in [1.165, 1.54) is 64.2 Å². The van der Waals surface area contributed by atoms with Crippen LogP contribution in [0.5, 0.6) is 0 Å². The zero-order valence-corrected chi connectivity index (χ0v) is 14.6. The van der Waals surface area contributed by atoms with E-state index in [1.807, 2.05) is 0 Å². The zero-order chi connectivity index (χ0) is 15.8. The lowest BCUT2D eigenvalue weighted by atomic mass is 10.0. The Bertz CT molecular complexity index is 326. The summed E-state index contributed by atoms with van der Waals surface area (Å²) in [5, 5.41) is 8.58. The van der Waals surface area contributed by atoms with E-state index in [1.54, 1.807) is 6.42 Å². The number of carbonyl (C=O) groups is 1. The van der Waals surface area contributed by atoms with Crippen molar-refractivity contribution >= 4 is 5.97 Å². The summed E-state index contributed by atoms with van der Waals surface area (Å²) < 4.78 is 0. The largest absolute Gasteiger partial charge is 0.481 e. The highest BCUT2D eigenvalue weighted by Crippen LogP contribution is 2.54. The second-order valence-corrected chi connectivity index (χ2v) is 7.94. The summed E-state index contributed by atoms with van der Waals surface area (Å²) in [6.45, 7) is 2.30. The molecule has 22 heavy (non-hydrogen) atoms. The topological polar surface area (TPSA) is 37.3 Å². The van der Waals surface area contributed by atoms with Crippen molar-refractivity contribution in [2.75, 3.05) is 0 Å². The molecule has 0 aromatic rings. The lowest BCUT2D eigenvalue weighted by Crippen LogP contribution is -1.93. The maximum atomic E-state index is 10.4. The van der Waals surface area contributed by atoms with Gasteiger partial charge in [0.25, 0.3) is 0 Å². The average molecular weight is 309 g/mol. The quantitative estimate of drug-likeness (QED) is 0.397. The molecular formula is C20H36O2. The van der Waals surface area contributed by atoms with Crippen LogP contribution < -0.4 is 0 Å². The van der Waals surface area contributed by atoms with Crippen molar-refractivity contribution in [3.63, 3.8) is 0 Å². The molecule has 0 saturated heterocycles. The van der Waals surface area contributed by atoms with Crippen LogP contribution in [0.25, 0.3) is 0 Å². The summed E-state index contributed by atoms with van der Waals surface area (Å²) in [7, 11) is 0. The van der Waals surface area contributed by atoms with Crippen LogP contribution in [0.3, 0.4) is 0 Å². The third-order valence-corrected chi connectivity index (χ3v) is 5.89. The van der Waals surface area contributed by atoms with Crippen LogP contribution in [-0.4, -0.2) is 11.1 Å². The molecule has 2 nitrogen and oxygen atoms in total. The molecule has 0 aliphatic heterocycles. The molecule has 0 radical (unpaired) electrons. The third-order valence-electron chi connectivity index (χ3n) is 5.89. The van der Waals surface area contributed by atoms with E-state index in [-0.39, 0.29) is 0 Å². The van der Waals surface area contributed by atoms with E-state index in [9.17, 15) is 4.79 Å². The van der Waals surface area contributed by atoms with Crippen molar-refractivity contribution in [1.29, 1.82) is 0 Å². The summed E-state index contributed by atoms with van der Waals surface area (Å²) in [5.74, 6) is 3.68. The van der Waals surface area contributed by atoms with Gasteiger partial charge in [-0.1, -0.05) is 64.7 Å². The standard InChI is InChI=1S/C20H36O2/c1-2-3-7-10-16-13-18(16)15-19-14-17(19)11-8-5-4-6-9-12-20(21)22/h16-19H,2-15H2,1H3,(H,21,22)/t16-,17-,18?,19+/m0/s1. The molecule has 0 aromatic carbocycles. The molecule has 0 bridgehead atoms. The molecule has 0 spiro atoms. The van der Waals surface area contributed by atoms with Gasteiger partial charge in [-0.05, 0) is 49.4 Å². The number of rotatable bonds is 14. The number of hydrogen-bond acceptors (Lipinski definition) is 1. The Morgan fingerprint density at radius 1 is 0.818 bits per heavy atom. The van der Waals surface area contributed by atoms with Crippen molar-refractivity contribution in [3.05, 3.63) is 0 Å². The van der Waals surface area contributed by atoms with Crippen molar-refractivity contribution in [2.45, 2.75) is 96.8 Å². The van der Waals surface area contributed by atoms with Gasteiger partial charge >= 0.3 is 5.97 Å². The Labute approximate surface area is 137 Å². The maximum Gasteiger partial charge on any atom is 0.303 e. The first kappa shape index (κ1) is 17.8. The van der Waals surface area contributed by atoms with Gasteiger partial charge in [-0.25, -0.2) is 0 Å². The fourth-order valence-electron chi connectivity index (χ4n) is 4.16. The predicted octanol–water partition coefficient (Wildman–Crippen LogP) is 6.04. The molecule has 2 heteroatoms. The van der Waals surface area contributed by atoms with Crippen molar-refractivity contribution in [1.82, 2.24) is 0 Å². The number of carboxylic acids is 1. The highest BCUT2D eigenvalue weighted by molar-refractivity contribution is 5.66. The highest BCUT2D eigenvalue weighted by Gasteiger charge is 2.44. The average Bonchev–Trinajstić information content (AvgIpc) is 3.38. The summed E-state index contributed by atoms with van der Waals surface area (Å²) in [6, 6.07) is 0. The van der Waals surface area contributed by atoms with E-state index in [4.69, 9.17) is 5.11 Å². The number of aliphatic carboxylic acids is 1. The lowest BCUT2D eigenvalue weighted by Gasteiger charge is -2.02. The minimum Gasteiger partial charge on any atom is -0.481 e. The molecule has 0 heterocycles. The van der Waals surface area contributed by atoms with Crippen LogP contribution in [0.1, 0.15) is 96.8 Å². The van der Waals surface area contributed by atoms with Crippen LogP contribution in [-0.2, 0) is 4.79 Å². The first-order chi connectivity index (χ1) is 10.7. The minimum atomic E-state index is -0.645. The predicted molar refractivity (Wildman–Crippen MR) is 91.9 cm³/mol. The normalized spacial score (nSPS) is 29.5. The first-order valence-corrected chi connectivity index (χ1v) is 9.92. The third kappa shape index (κ3) is 7.15. The Morgan fingerprint density at radius 2 is 1.36 bits per heavy atom. The highest BCUT2D eigenvalue weighted by atomic mass is 16.4. The van der Waals surface area contributed by atoms with Gasteiger partial charge in [-0.15, -0.1) is 0 Å². The zero-order valence-electron chi connectivity index (χ0n) is 14.6. The number of carboxylic acid groups (broad SMARTS) is 1.